The highest BCUT2D eigenvalue weighted by atomic mass is 35.5. The molecule has 6 heteroatoms. The molecule has 0 aliphatic carbocycles. The van der Waals surface area contributed by atoms with Crippen molar-refractivity contribution in [1.29, 1.82) is 0 Å². The average Bonchev–Trinajstić information content (AvgIpc) is 2.82. The van der Waals surface area contributed by atoms with Crippen LogP contribution in [0.1, 0.15) is 10.4 Å². The van der Waals surface area contributed by atoms with Crippen molar-refractivity contribution in [3.63, 3.8) is 0 Å². The topological polar surface area (TPSA) is 47.8 Å². The SMILES string of the molecule is O=C(c1ccccc1)n1nnc2cc(Cl)c(Cl)cc21. The molecule has 1 heterocycles. The molecule has 3 rings (SSSR count). The molecule has 0 saturated carbocycles. The fourth-order valence-corrected chi connectivity index (χ4v) is 2.09. The van der Waals surface area contributed by atoms with Gasteiger partial charge in [0.2, 0.25) is 0 Å². The Hall–Kier alpha value is -1.91. The van der Waals surface area contributed by atoms with E-state index in [0.717, 1.165) is 0 Å². The van der Waals surface area contributed by atoms with E-state index in [1.807, 2.05) is 6.07 Å². The zero-order valence-electron chi connectivity index (χ0n) is 9.55. The van der Waals surface area contributed by atoms with Crippen molar-refractivity contribution >= 4 is 40.1 Å². The quantitative estimate of drug-likeness (QED) is 0.690. The lowest BCUT2D eigenvalue weighted by molar-refractivity contribution is 0.0948. The first-order valence-corrected chi connectivity index (χ1v) is 6.22. The van der Waals surface area contributed by atoms with Crippen molar-refractivity contribution < 1.29 is 4.79 Å². The van der Waals surface area contributed by atoms with Gasteiger partial charge in [0.05, 0.1) is 15.6 Å². The first kappa shape index (κ1) is 12.1. The van der Waals surface area contributed by atoms with Crippen molar-refractivity contribution in [2.45, 2.75) is 0 Å². The normalized spacial score (nSPS) is 10.8. The number of carbonyl (C=O) groups excluding carboxylic acids is 1. The maximum Gasteiger partial charge on any atom is 0.280 e. The van der Waals surface area contributed by atoms with Crippen LogP contribution in [0.2, 0.25) is 10.0 Å². The Morgan fingerprint density at radius 3 is 2.47 bits per heavy atom. The predicted octanol–water partition coefficient (Wildman–Crippen LogP) is 3.43. The third-order valence-electron chi connectivity index (χ3n) is 2.70. The second-order valence-electron chi connectivity index (χ2n) is 3.93. The minimum Gasteiger partial charge on any atom is -0.267 e. The van der Waals surface area contributed by atoms with Crippen molar-refractivity contribution in [2.75, 3.05) is 0 Å². The monoisotopic (exact) mass is 291 g/mol. The van der Waals surface area contributed by atoms with Gasteiger partial charge in [-0.1, -0.05) is 46.6 Å². The number of halogens is 2. The zero-order valence-corrected chi connectivity index (χ0v) is 11.1. The van der Waals surface area contributed by atoms with Gasteiger partial charge >= 0.3 is 0 Å². The maximum absolute atomic E-state index is 12.3. The van der Waals surface area contributed by atoms with Gasteiger partial charge in [-0.3, -0.25) is 4.79 Å². The smallest absolute Gasteiger partial charge is 0.267 e. The van der Waals surface area contributed by atoms with Crippen LogP contribution in [0.4, 0.5) is 0 Å². The largest absolute Gasteiger partial charge is 0.280 e. The lowest BCUT2D eigenvalue weighted by Gasteiger charge is -2.01. The lowest BCUT2D eigenvalue weighted by atomic mass is 10.2. The fraction of sp³-hybridized carbons (Fsp3) is 0. The minimum absolute atomic E-state index is 0.263. The summed E-state index contributed by atoms with van der Waals surface area (Å²) in [7, 11) is 0. The highest BCUT2D eigenvalue weighted by molar-refractivity contribution is 6.42. The standard InChI is InChI=1S/C13H7Cl2N3O/c14-9-6-11-12(7-10(9)15)18(17-16-11)13(19)8-4-2-1-3-5-8/h1-7H. The third kappa shape index (κ3) is 2.09. The molecule has 4 nitrogen and oxygen atoms in total. The number of benzene rings is 2. The van der Waals surface area contributed by atoms with Crippen LogP contribution in [0.15, 0.2) is 42.5 Å². The Morgan fingerprint density at radius 2 is 1.74 bits per heavy atom. The molecule has 94 valence electrons. The molecular formula is C13H7Cl2N3O. The van der Waals surface area contributed by atoms with E-state index in [1.165, 1.54) is 4.68 Å². The number of hydrogen-bond donors (Lipinski definition) is 0. The summed E-state index contributed by atoms with van der Waals surface area (Å²) in [5.41, 5.74) is 1.59. The summed E-state index contributed by atoms with van der Waals surface area (Å²) < 4.78 is 1.22. The molecule has 0 spiro atoms. The van der Waals surface area contributed by atoms with Crippen molar-refractivity contribution in [3.8, 4) is 0 Å². The Bertz CT molecular complexity index is 768. The number of hydrogen-bond acceptors (Lipinski definition) is 3. The molecule has 3 aromatic rings. The molecule has 2 aromatic carbocycles. The second-order valence-corrected chi connectivity index (χ2v) is 4.74. The first-order valence-electron chi connectivity index (χ1n) is 5.47. The van der Waals surface area contributed by atoms with Gasteiger partial charge in [-0.15, -0.1) is 5.10 Å². The van der Waals surface area contributed by atoms with E-state index in [2.05, 4.69) is 10.3 Å². The summed E-state index contributed by atoms with van der Waals surface area (Å²) >= 11 is 11.9. The second kappa shape index (κ2) is 4.64. The third-order valence-corrected chi connectivity index (χ3v) is 3.42. The molecule has 0 atom stereocenters. The number of aromatic nitrogens is 3. The molecule has 0 radical (unpaired) electrons. The van der Waals surface area contributed by atoms with E-state index in [9.17, 15) is 4.79 Å². The van der Waals surface area contributed by atoms with Crippen LogP contribution in [0, 0.1) is 0 Å². The summed E-state index contributed by atoms with van der Waals surface area (Å²) in [5, 5.41) is 8.51. The highest BCUT2D eigenvalue weighted by Gasteiger charge is 2.15. The van der Waals surface area contributed by atoms with Crippen LogP contribution in [0.5, 0.6) is 0 Å². The number of carbonyl (C=O) groups is 1. The van der Waals surface area contributed by atoms with Crippen LogP contribution in [-0.4, -0.2) is 20.9 Å². The molecule has 0 aliphatic rings. The van der Waals surface area contributed by atoms with Gasteiger partial charge < -0.3 is 0 Å². The van der Waals surface area contributed by atoms with Gasteiger partial charge in [-0.05, 0) is 24.3 Å². The van der Waals surface area contributed by atoms with E-state index in [4.69, 9.17) is 23.2 Å². The van der Waals surface area contributed by atoms with E-state index < -0.39 is 0 Å². The summed E-state index contributed by atoms with van der Waals surface area (Å²) in [6.45, 7) is 0. The van der Waals surface area contributed by atoms with E-state index in [1.54, 1.807) is 36.4 Å². The van der Waals surface area contributed by atoms with Crippen LogP contribution in [0.3, 0.4) is 0 Å². The molecule has 0 unspecified atom stereocenters. The van der Waals surface area contributed by atoms with Gasteiger partial charge in [0.1, 0.15) is 5.52 Å². The minimum atomic E-state index is -0.263. The van der Waals surface area contributed by atoms with Crippen molar-refractivity contribution in [3.05, 3.63) is 58.1 Å². The molecule has 0 bridgehead atoms. The Kier molecular flexibility index (Phi) is 2.97. The van der Waals surface area contributed by atoms with Crippen LogP contribution in [0.25, 0.3) is 11.0 Å². The van der Waals surface area contributed by atoms with Crippen molar-refractivity contribution in [1.82, 2.24) is 15.0 Å². The number of fused-ring (bicyclic) bond motifs is 1. The number of rotatable bonds is 1. The molecular weight excluding hydrogens is 285 g/mol. The first-order chi connectivity index (χ1) is 9.16. The summed E-state index contributed by atoms with van der Waals surface area (Å²) in [4.78, 5) is 12.3. The molecule has 0 saturated heterocycles. The van der Waals surface area contributed by atoms with Gasteiger partial charge in [-0.25, -0.2) is 0 Å². The van der Waals surface area contributed by atoms with Crippen LogP contribution >= 0.6 is 23.2 Å². The Balaban J connectivity index is 2.16. The molecule has 0 N–H and O–H groups in total. The molecule has 0 fully saturated rings. The average molecular weight is 292 g/mol. The zero-order chi connectivity index (χ0) is 13.4. The fourth-order valence-electron chi connectivity index (χ4n) is 1.77. The maximum atomic E-state index is 12.3. The summed E-state index contributed by atoms with van der Waals surface area (Å²) in [6, 6.07) is 12.0. The Morgan fingerprint density at radius 1 is 1.05 bits per heavy atom. The van der Waals surface area contributed by atoms with E-state index >= 15 is 0 Å². The summed E-state index contributed by atoms with van der Waals surface area (Å²) in [6.07, 6.45) is 0. The van der Waals surface area contributed by atoms with Gasteiger partial charge in [0.15, 0.2) is 0 Å². The lowest BCUT2D eigenvalue weighted by Crippen LogP contribution is -2.13. The van der Waals surface area contributed by atoms with Crippen LogP contribution in [-0.2, 0) is 0 Å². The Labute approximate surface area is 118 Å². The molecule has 19 heavy (non-hydrogen) atoms. The number of nitrogens with zero attached hydrogens (tertiary/aromatic N) is 3. The van der Waals surface area contributed by atoms with E-state index in [-0.39, 0.29) is 5.91 Å². The highest BCUT2D eigenvalue weighted by Crippen LogP contribution is 2.26. The van der Waals surface area contributed by atoms with Crippen molar-refractivity contribution in [2.24, 2.45) is 0 Å². The predicted molar refractivity (Wildman–Crippen MR) is 73.7 cm³/mol. The molecule has 0 aliphatic heterocycles. The summed E-state index contributed by atoms with van der Waals surface area (Å²) in [5.74, 6) is -0.263. The van der Waals surface area contributed by atoms with Gasteiger partial charge in [0, 0.05) is 5.56 Å². The van der Waals surface area contributed by atoms with Crippen LogP contribution < -0.4 is 0 Å². The molecule has 1 aromatic heterocycles. The van der Waals surface area contributed by atoms with E-state index in [0.29, 0.717) is 26.6 Å². The van der Waals surface area contributed by atoms with Gasteiger partial charge in [0.25, 0.3) is 5.91 Å². The molecule has 0 amide bonds. The van der Waals surface area contributed by atoms with Gasteiger partial charge in [-0.2, -0.15) is 4.68 Å².